The molecule has 2 aromatic carbocycles. The molecule has 0 aliphatic rings. The van der Waals surface area contributed by atoms with Crippen LogP contribution in [0.15, 0.2) is 53.0 Å². The van der Waals surface area contributed by atoms with Crippen LogP contribution in [0.2, 0.25) is 0 Å². The topological polar surface area (TPSA) is 18.5 Å². The highest BCUT2D eigenvalue weighted by Crippen LogP contribution is 2.28. The van der Waals surface area contributed by atoms with Gasteiger partial charge in [-0.05, 0) is 40.0 Å². The van der Waals surface area contributed by atoms with Gasteiger partial charge in [0.1, 0.15) is 5.75 Å². The second-order valence-electron chi connectivity index (χ2n) is 3.98. The summed E-state index contributed by atoms with van der Waals surface area (Å²) in [5.74, 6) is 0.838. The highest BCUT2D eigenvalue weighted by molar-refractivity contribution is 9.10. The normalized spacial score (nSPS) is 10.3. The van der Waals surface area contributed by atoms with Crippen molar-refractivity contribution in [1.29, 1.82) is 0 Å². The third kappa shape index (κ3) is 3.59. The minimum atomic E-state index is 0.248. The first-order valence-corrected chi connectivity index (χ1v) is 6.56. The molecule has 0 saturated heterocycles. The van der Waals surface area contributed by atoms with Crippen LogP contribution in [0.5, 0.6) is 5.75 Å². The van der Waals surface area contributed by atoms with E-state index in [1.807, 2.05) is 55.5 Å². The van der Waals surface area contributed by atoms with Crippen molar-refractivity contribution in [3.05, 3.63) is 64.1 Å². The largest absolute Gasteiger partial charge is 0.466 e. The van der Waals surface area contributed by atoms with Crippen LogP contribution in [0.4, 0.5) is 0 Å². The second-order valence-corrected chi connectivity index (χ2v) is 4.84. The third-order valence-corrected chi connectivity index (χ3v) is 3.19. The summed E-state index contributed by atoms with van der Waals surface area (Å²) in [5, 5.41) is 0. The molecule has 0 atom stereocenters. The molecule has 2 nitrogen and oxygen atoms in total. The summed E-state index contributed by atoms with van der Waals surface area (Å²) in [6, 6.07) is 16.0. The Labute approximate surface area is 116 Å². The van der Waals surface area contributed by atoms with E-state index in [1.165, 1.54) is 0 Å². The van der Waals surface area contributed by atoms with Gasteiger partial charge in [-0.2, -0.15) is 0 Å². The summed E-state index contributed by atoms with van der Waals surface area (Å²) >= 11 is 3.46. The van der Waals surface area contributed by atoms with Gasteiger partial charge in [0.2, 0.25) is 0 Å². The van der Waals surface area contributed by atoms with E-state index in [4.69, 9.17) is 9.47 Å². The lowest BCUT2D eigenvalue weighted by Gasteiger charge is -2.11. The van der Waals surface area contributed by atoms with Crippen molar-refractivity contribution < 1.29 is 9.47 Å². The molecule has 94 valence electrons. The van der Waals surface area contributed by atoms with Crippen LogP contribution in [0.1, 0.15) is 11.1 Å². The van der Waals surface area contributed by atoms with Crippen molar-refractivity contribution in [2.75, 3.05) is 6.79 Å². The molecule has 0 N–H and O–H groups in total. The van der Waals surface area contributed by atoms with E-state index in [0.29, 0.717) is 6.61 Å². The number of halogens is 1. The average molecular weight is 307 g/mol. The Morgan fingerprint density at radius 3 is 2.50 bits per heavy atom. The number of rotatable bonds is 5. The molecular weight excluding hydrogens is 292 g/mol. The summed E-state index contributed by atoms with van der Waals surface area (Å²) < 4.78 is 12.1. The van der Waals surface area contributed by atoms with Crippen molar-refractivity contribution in [2.24, 2.45) is 0 Å². The van der Waals surface area contributed by atoms with Gasteiger partial charge in [-0.15, -0.1) is 0 Å². The van der Waals surface area contributed by atoms with Crippen molar-refractivity contribution in [3.8, 4) is 5.75 Å². The van der Waals surface area contributed by atoms with Gasteiger partial charge in [0.15, 0.2) is 6.79 Å². The summed E-state index contributed by atoms with van der Waals surface area (Å²) in [6.07, 6.45) is 0. The number of hydrogen-bond donors (Lipinski definition) is 0. The quantitative estimate of drug-likeness (QED) is 0.605. The molecule has 2 rings (SSSR count). The van der Waals surface area contributed by atoms with E-state index in [1.54, 1.807) is 0 Å². The van der Waals surface area contributed by atoms with Crippen LogP contribution in [-0.2, 0) is 11.3 Å². The first-order valence-electron chi connectivity index (χ1n) is 5.77. The third-order valence-electron chi connectivity index (χ3n) is 2.56. The van der Waals surface area contributed by atoms with Crippen LogP contribution >= 0.6 is 15.9 Å². The molecular formula is C15H15BrO2. The molecule has 0 heterocycles. The number of para-hydroxylation sites is 1. The fourth-order valence-electron chi connectivity index (χ4n) is 1.63. The molecule has 0 aliphatic carbocycles. The van der Waals surface area contributed by atoms with Gasteiger partial charge in [0.05, 0.1) is 11.1 Å². The molecule has 18 heavy (non-hydrogen) atoms. The summed E-state index contributed by atoms with van der Waals surface area (Å²) in [6.45, 7) is 2.82. The van der Waals surface area contributed by atoms with Gasteiger partial charge >= 0.3 is 0 Å². The van der Waals surface area contributed by atoms with Gasteiger partial charge in [-0.25, -0.2) is 0 Å². The zero-order valence-corrected chi connectivity index (χ0v) is 11.8. The summed E-state index contributed by atoms with van der Waals surface area (Å²) in [4.78, 5) is 0. The molecule has 0 saturated carbocycles. The van der Waals surface area contributed by atoms with E-state index in [-0.39, 0.29) is 6.79 Å². The predicted octanol–water partition coefficient (Wildman–Crippen LogP) is 4.31. The molecule has 0 fully saturated rings. The minimum absolute atomic E-state index is 0.248. The number of benzene rings is 2. The maximum absolute atomic E-state index is 5.62. The Bertz CT molecular complexity index is 477. The number of aryl methyl sites for hydroxylation is 1. The molecule has 0 aliphatic heterocycles. The molecule has 0 bridgehead atoms. The first-order chi connectivity index (χ1) is 8.77. The molecule has 2 aromatic rings. The fraction of sp³-hybridized carbons (Fsp3) is 0.200. The van der Waals surface area contributed by atoms with Crippen molar-refractivity contribution in [1.82, 2.24) is 0 Å². The standard InChI is InChI=1S/C15H15BrO2/c1-12-6-5-9-14(16)15(12)18-11-17-10-13-7-3-2-4-8-13/h2-9H,10-11H2,1H3. The van der Waals surface area contributed by atoms with Crippen molar-refractivity contribution >= 4 is 15.9 Å². The van der Waals surface area contributed by atoms with Crippen LogP contribution in [0.3, 0.4) is 0 Å². The Morgan fingerprint density at radius 1 is 1.00 bits per heavy atom. The summed E-state index contributed by atoms with van der Waals surface area (Å²) in [5.41, 5.74) is 2.23. The van der Waals surface area contributed by atoms with Crippen molar-refractivity contribution in [3.63, 3.8) is 0 Å². The predicted molar refractivity (Wildman–Crippen MR) is 75.6 cm³/mol. The fourth-order valence-corrected chi connectivity index (χ4v) is 2.21. The molecule has 0 unspecified atom stereocenters. The van der Waals surface area contributed by atoms with Gasteiger partial charge < -0.3 is 9.47 Å². The van der Waals surface area contributed by atoms with Gasteiger partial charge in [0, 0.05) is 0 Å². The highest BCUT2D eigenvalue weighted by Gasteiger charge is 2.03. The van der Waals surface area contributed by atoms with Crippen LogP contribution in [0.25, 0.3) is 0 Å². The maximum atomic E-state index is 5.62. The smallest absolute Gasteiger partial charge is 0.189 e. The number of hydrogen-bond acceptors (Lipinski definition) is 2. The van der Waals surface area contributed by atoms with E-state index in [9.17, 15) is 0 Å². The monoisotopic (exact) mass is 306 g/mol. The van der Waals surface area contributed by atoms with Crippen LogP contribution in [-0.4, -0.2) is 6.79 Å². The lowest BCUT2D eigenvalue weighted by atomic mass is 10.2. The first kappa shape index (κ1) is 13.1. The Balaban J connectivity index is 1.82. The zero-order chi connectivity index (χ0) is 12.8. The minimum Gasteiger partial charge on any atom is -0.466 e. The maximum Gasteiger partial charge on any atom is 0.189 e. The van der Waals surface area contributed by atoms with E-state index >= 15 is 0 Å². The number of ether oxygens (including phenoxy) is 2. The Hall–Kier alpha value is -1.32. The van der Waals surface area contributed by atoms with E-state index in [0.717, 1.165) is 21.3 Å². The van der Waals surface area contributed by atoms with E-state index < -0.39 is 0 Å². The molecule has 3 heteroatoms. The van der Waals surface area contributed by atoms with Gasteiger partial charge in [-0.1, -0.05) is 42.5 Å². The molecule has 0 spiro atoms. The van der Waals surface area contributed by atoms with Crippen molar-refractivity contribution in [2.45, 2.75) is 13.5 Å². The molecule has 0 radical (unpaired) electrons. The Kier molecular flexibility index (Phi) is 4.79. The Morgan fingerprint density at radius 2 is 1.78 bits per heavy atom. The molecule has 0 aromatic heterocycles. The second kappa shape index (κ2) is 6.57. The average Bonchev–Trinajstić information content (AvgIpc) is 2.38. The van der Waals surface area contributed by atoms with Gasteiger partial charge in [0.25, 0.3) is 0 Å². The van der Waals surface area contributed by atoms with E-state index in [2.05, 4.69) is 15.9 Å². The zero-order valence-electron chi connectivity index (χ0n) is 10.2. The van der Waals surface area contributed by atoms with Gasteiger partial charge in [-0.3, -0.25) is 0 Å². The van der Waals surface area contributed by atoms with Crippen LogP contribution in [0, 0.1) is 6.92 Å². The summed E-state index contributed by atoms with van der Waals surface area (Å²) in [7, 11) is 0. The highest BCUT2D eigenvalue weighted by atomic mass is 79.9. The SMILES string of the molecule is Cc1cccc(Br)c1OCOCc1ccccc1. The lowest BCUT2D eigenvalue weighted by molar-refractivity contribution is 0.00427. The molecule has 0 amide bonds. The van der Waals surface area contributed by atoms with Crippen LogP contribution < -0.4 is 4.74 Å². The lowest BCUT2D eigenvalue weighted by Crippen LogP contribution is -2.04.